The molecule has 0 N–H and O–H groups in total. The second-order valence-electron chi connectivity index (χ2n) is 4.15. The number of Topliss-reactive ketones (excluding diaryl/α,β-unsaturated/α-hetero) is 1. The normalized spacial score (nSPS) is 52.9. The minimum absolute atomic E-state index is 0.00328. The summed E-state index contributed by atoms with van der Waals surface area (Å²) in [5.74, 6) is 0.357. The number of fused-ring (bicyclic) bond motifs is 1. The van der Waals surface area contributed by atoms with Gasteiger partial charge in [-0.2, -0.15) is 0 Å². The van der Waals surface area contributed by atoms with Gasteiger partial charge in [-0.1, -0.05) is 6.92 Å². The summed E-state index contributed by atoms with van der Waals surface area (Å²) in [7, 11) is 0. The van der Waals surface area contributed by atoms with Gasteiger partial charge in [0.2, 0.25) is 0 Å². The van der Waals surface area contributed by atoms with Crippen molar-refractivity contribution in [1.82, 2.24) is 0 Å². The van der Waals surface area contributed by atoms with Crippen molar-refractivity contribution in [2.75, 3.05) is 0 Å². The summed E-state index contributed by atoms with van der Waals surface area (Å²) in [5, 5.41) is -0.127. The molecule has 0 heterocycles. The molecule has 0 aromatic heterocycles. The van der Waals surface area contributed by atoms with Crippen molar-refractivity contribution in [2.45, 2.75) is 36.9 Å². The van der Waals surface area contributed by atoms with Crippen LogP contribution in [-0.2, 0) is 4.79 Å². The smallest absolute Gasteiger partial charge is 0.138 e. The summed E-state index contributed by atoms with van der Waals surface area (Å²) < 4.78 is 0. The number of alkyl halides is 2. The van der Waals surface area contributed by atoms with Crippen molar-refractivity contribution in [3.8, 4) is 0 Å². The molecule has 1 nitrogen and oxygen atoms in total. The van der Waals surface area contributed by atoms with Gasteiger partial charge in [0.15, 0.2) is 0 Å². The Labute approximate surface area is 82.4 Å². The van der Waals surface area contributed by atoms with Crippen molar-refractivity contribution < 1.29 is 4.79 Å². The molecule has 2 aliphatic carbocycles. The SMILES string of the molecule is CC12CCCC(=O)C1C(Cl)C2Cl. The van der Waals surface area contributed by atoms with Crippen LogP contribution in [0.25, 0.3) is 0 Å². The van der Waals surface area contributed by atoms with E-state index in [-0.39, 0.29) is 22.1 Å². The van der Waals surface area contributed by atoms with Crippen LogP contribution in [0.3, 0.4) is 0 Å². The molecular formula is C9H12Cl2O. The van der Waals surface area contributed by atoms with Crippen LogP contribution in [0.5, 0.6) is 0 Å². The van der Waals surface area contributed by atoms with Crippen LogP contribution in [0, 0.1) is 11.3 Å². The van der Waals surface area contributed by atoms with Crippen LogP contribution >= 0.6 is 23.2 Å². The van der Waals surface area contributed by atoms with Gasteiger partial charge in [0.1, 0.15) is 5.78 Å². The lowest BCUT2D eigenvalue weighted by molar-refractivity contribution is -0.136. The highest BCUT2D eigenvalue weighted by Gasteiger charge is 2.61. The van der Waals surface area contributed by atoms with Gasteiger partial charge in [0.05, 0.1) is 10.8 Å². The standard InChI is InChI=1S/C9H12Cl2O/c1-9-4-2-3-5(12)6(9)7(10)8(9)11/h6-8H,2-4H2,1H3. The van der Waals surface area contributed by atoms with Gasteiger partial charge in [-0.15, -0.1) is 23.2 Å². The lowest BCUT2D eigenvalue weighted by atomic mass is 9.53. The maximum absolute atomic E-state index is 11.5. The first kappa shape index (κ1) is 8.83. The zero-order valence-corrected chi connectivity index (χ0v) is 8.53. The summed E-state index contributed by atoms with van der Waals surface area (Å²) in [6.07, 6.45) is 2.74. The van der Waals surface area contributed by atoms with Crippen LogP contribution < -0.4 is 0 Å². The minimum atomic E-state index is -0.121. The Kier molecular flexibility index (Phi) is 1.93. The highest BCUT2D eigenvalue weighted by atomic mass is 35.5. The molecule has 0 amide bonds. The monoisotopic (exact) mass is 206 g/mol. The average molecular weight is 207 g/mol. The fourth-order valence-electron chi connectivity index (χ4n) is 2.59. The molecule has 3 heteroatoms. The molecule has 2 rings (SSSR count). The summed E-state index contributed by atoms with van der Waals surface area (Å²) in [5.41, 5.74) is 0.00328. The maximum Gasteiger partial charge on any atom is 0.138 e. The fourth-order valence-corrected chi connectivity index (χ4v) is 3.69. The summed E-state index contributed by atoms with van der Waals surface area (Å²) in [6, 6.07) is 0. The first-order valence-electron chi connectivity index (χ1n) is 4.38. The molecule has 2 saturated carbocycles. The molecular weight excluding hydrogens is 195 g/mol. The zero-order valence-electron chi connectivity index (χ0n) is 7.02. The Hall–Kier alpha value is 0.250. The van der Waals surface area contributed by atoms with Gasteiger partial charge in [-0.05, 0) is 18.3 Å². The number of rotatable bonds is 0. The predicted octanol–water partition coefficient (Wildman–Crippen LogP) is 2.59. The molecule has 0 aliphatic heterocycles. The number of ketones is 1. The average Bonchev–Trinajstić information content (AvgIpc) is 2.03. The van der Waals surface area contributed by atoms with E-state index in [1.54, 1.807) is 0 Å². The quantitative estimate of drug-likeness (QED) is 0.558. The van der Waals surface area contributed by atoms with Gasteiger partial charge in [0, 0.05) is 12.3 Å². The van der Waals surface area contributed by atoms with E-state index in [9.17, 15) is 4.79 Å². The third-order valence-electron chi connectivity index (χ3n) is 3.42. The number of hydrogen-bond acceptors (Lipinski definition) is 1. The summed E-state index contributed by atoms with van der Waals surface area (Å²) in [6.45, 7) is 2.09. The zero-order chi connectivity index (χ0) is 8.93. The second-order valence-corrected chi connectivity index (χ2v) is 5.12. The first-order chi connectivity index (χ1) is 5.57. The Morgan fingerprint density at radius 1 is 1.50 bits per heavy atom. The van der Waals surface area contributed by atoms with E-state index in [1.807, 2.05) is 0 Å². The third-order valence-corrected chi connectivity index (χ3v) is 4.83. The van der Waals surface area contributed by atoms with Crippen molar-refractivity contribution in [3.63, 3.8) is 0 Å². The van der Waals surface area contributed by atoms with E-state index in [2.05, 4.69) is 6.92 Å². The van der Waals surface area contributed by atoms with Crippen LogP contribution in [0.2, 0.25) is 0 Å². The summed E-state index contributed by atoms with van der Waals surface area (Å²) in [4.78, 5) is 11.5. The van der Waals surface area contributed by atoms with E-state index in [4.69, 9.17) is 23.2 Å². The molecule has 2 aliphatic rings. The number of carbonyl (C=O) groups is 1. The molecule has 2 fully saturated rings. The topological polar surface area (TPSA) is 17.1 Å². The molecule has 0 spiro atoms. The van der Waals surface area contributed by atoms with Crippen molar-refractivity contribution >= 4 is 29.0 Å². The minimum Gasteiger partial charge on any atom is -0.299 e. The first-order valence-corrected chi connectivity index (χ1v) is 5.25. The largest absolute Gasteiger partial charge is 0.299 e. The van der Waals surface area contributed by atoms with Crippen molar-refractivity contribution in [3.05, 3.63) is 0 Å². The molecule has 4 atom stereocenters. The lowest BCUT2D eigenvalue weighted by Crippen LogP contribution is -2.62. The molecule has 0 saturated heterocycles. The third kappa shape index (κ3) is 0.898. The molecule has 0 aromatic rings. The summed E-state index contributed by atoms with van der Waals surface area (Å²) >= 11 is 12.1. The van der Waals surface area contributed by atoms with E-state index < -0.39 is 0 Å². The van der Waals surface area contributed by atoms with E-state index in [0.717, 1.165) is 12.8 Å². The second kappa shape index (κ2) is 2.62. The van der Waals surface area contributed by atoms with E-state index in [1.165, 1.54) is 0 Å². The van der Waals surface area contributed by atoms with Crippen LogP contribution in [0.4, 0.5) is 0 Å². The van der Waals surface area contributed by atoms with Crippen molar-refractivity contribution in [1.29, 1.82) is 0 Å². The number of carbonyl (C=O) groups excluding carboxylic acids is 1. The highest BCUT2D eigenvalue weighted by molar-refractivity contribution is 6.33. The van der Waals surface area contributed by atoms with Crippen LogP contribution in [0.1, 0.15) is 26.2 Å². The maximum atomic E-state index is 11.5. The predicted molar refractivity (Wildman–Crippen MR) is 49.7 cm³/mol. The Balaban J connectivity index is 2.24. The molecule has 12 heavy (non-hydrogen) atoms. The molecule has 0 aromatic carbocycles. The van der Waals surface area contributed by atoms with E-state index in [0.29, 0.717) is 12.2 Å². The van der Waals surface area contributed by atoms with Gasteiger partial charge in [0.25, 0.3) is 0 Å². The number of halogens is 2. The number of hydrogen-bond donors (Lipinski definition) is 0. The van der Waals surface area contributed by atoms with Crippen molar-refractivity contribution in [2.24, 2.45) is 11.3 Å². The van der Waals surface area contributed by atoms with Gasteiger partial charge < -0.3 is 0 Å². The molecule has 68 valence electrons. The highest BCUT2D eigenvalue weighted by Crippen LogP contribution is 2.58. The molecule has 0 radical (unpaired) electrons. The van der Waals surface area contributed by atoms with Crippen LogP contribution in [-0.4, -0.2) is 16.5 Å². The fraction of sp³-hybridized carbons (Fsp3) is 0.889. The lowest BCUT2D eigenvalue weighted by Gasteiger charge is -2.56. The Morgan fingerprint density at radius 2 is 2.17 bits per heavy atom. The van der Waals surface area contributed by atoms with E-state index >= 15 is 0 Å². The Morgan fingerprint density at radius 3 is 2.75 bits per heavy atom. The molecule has 0 bridgehead atoms. The van der Waals surface area contributed by atoms with Gasteiger partial charge in [-0.3, -0.25) is 4.79 Å². The Bertz CT molecular complexity index is 229. The van der Waals surface area contributed by atoms with Gasteiger partial charge in [-0.25, -0.2) is 0 Å². The molecule has 4 unspecified atom stereocenters. The van der Waals surface area contributed by atoms with Crippen LogP contribution in [0.15, 0.2) is 0 Å². The van der Waals surface area contributed by atoms with Gasteiger partial charge >= 0.3 is 0 Å².